The lowest BCUT2D eigenvalue weighted by Gasteiger charge is -2.26. The molecule has 32 heavy (non-hydrogen) atoms. The van der Waals surface area contributed by atoms with E-state index >= 15 is 0 Å². The Kier molecular flexibility index (Phi) is 4.19. The van der Waals surface area contributed by atoms with E-state index in [0.29, 0.717) is 0 Å². The van der Waals surface area contributed by atoms with Gasteiger partial charge >= 0.3 is 0 Å². The van der Waals surface area contributed by atoms with Gasteiger partial charge in [0, 0.05) is 22.5 Å². The van der Waals surface area contributed by atoms with Crippen molar-refractivity contribution in [2.75, 3.05) is 4.90 Å². The third kappa shape index (κ3) is 2.78. The lowest BCUT2D eigenvalue weighted by Crippen LogP contribution is -2.14. The Hall–Kier alpha value is -3.84. The first-order chi connectivity index (χ1) is 15.6. The Morgan fingerprint density at radius 1 is 0.531 bits per heavy atom. The molecule has 0 unspecified atom stereocenters. The van der Waals surface area contributed by atoms with E-state index in [2.05, 4.69) is 134 Å². The van der Waals surface area contributed by atoms with Gasteiger partial charge in [-0.1, -0.05) is 92.7 Å². The molecule has 0 amide bonds. The number of nitrogens with zero attached hydrogens (tertiary/aromatic N) is 1. The Morgan fingerprint density at radius 3 is 1.81 bits per heavy atom. The minimum Gasteiger partial charge on any atom is -0.310 e. The van der Waals surface area contributed by atoms with Gasteiger partial charge in [0.15, 0.2) is 0 Å². The molecular formula is C31H25N. The maximum atomic E-state index is 2.37. The number of fused-ring (bicyclic) bond motifs is 5. The van der Waals surface area contributed by atoms with Gasteiger partial charge in [0.2, 0.25) is 0 Å². The lowest BCUT2D eigenvalue weighted by atomic mass is 9.82. The maximum Gasteiger partial charge on any atom is 0.0468 e. The van der Waals surface area contributed by atoms with Crippen LogP contribution in [-0.4, -0.2) is 0 Å². The van der Waals surface area contributed by atoms with Crippen LogP contribution in [-0.2, 0) is 5.41 Å². The zero-order chi connectivity index (χ0) is 21.7. The highest BCUT2D eigenvalue weighted by atomic mass is 15.1. The molecule has 5 aromatic rings. The molecule has 0 heterocycles. The molecule has 6 rings (SSSR count). The number of benzene rings is 5. The van der Waals surface area contributed by atoms with Crippen molar-refractivity contribution in [1.82, 2.24) is 0 Å². The predicted octanol–water partition coefficient (Wildman–Crippen LogP) is 8.62. The molecule has 0 aliphatic heterocycles. The van der Waals surface area contributed by atoms with E-state index in [0.717, 1.165) is 11.4 Å². The summed E-state index contributed by atoms with van der Waals surface area (Å²) in [4.78, 5) is 2.34. The minimum atomic E-state index is 0.00860. The second-order valence-electron chi connectivity index (χ2n) is 9.07. The number of anilines is 3. The zero-order valence-electron chi connectivity index (χ0n) is 18.4. The highest BCUT2D eigenvalue weighted by Gasteiger charge is 2.36. The Balaban J connectivity index is 1.63. The first kappa shape index (κ1) is 18.9. The van der Waals surface area contributed by atoms with Gasteiger partial charge in [-0.2, -0.15) is 0 Å². The smallest absolute Gasteiger partial charge is 0.0468 e. The first-order valence-corrected chi connectivity index (χ1v) is 11.2. The van der Waals surface area contributed by atoms with Crippen molar-refractivity contribution in [3.63, 3.8) is 0 Å². The molecule has 0 bridgehead atoms. The van der Waals surface area contributed by atoms with E-state index in [4.69, 9.17) is 0 Å². The van der Waals surface area contributed by atoms with Gasteiger partial charge in [0.05, 0.1) is 0 Å². The largest absolute Gasteiger partial charge is 0.310 e. The fraction of sp³-hybridized carbons (Fsp3) is 0.0968. The van der Waals surface area contributed by atoms with E-state index in [1.807, 2.05) is 0 Å². The summed E-state index contributed by atoms with van der Waals surface area (Å²) in [6.45, 7) is 4.68. The first-order valence-electron chi connectivity index (χ1n) is 11.2. The van der Waals surface area contributed by atoms with Crippen LogP contribution in [0.15, 0.2) is 115 Å². The summed E-state index contributed by atoms with van der Waals surface area (Å²) in [5, 5.41) is 2.59. The summed E-state index contributed by atoms with van der Waals surface area (Å²) in [7, 11) is 0. The molecule has 1 nitrogen and oxygen atoms in total. The second-order valence-corrected chi connectivity index (χ2v) is 9.07. The fourth-order valence-corrected chi connectivity index (χ4v) is 5.25. The SMILES string of the molecule is CC1(C)c2ccccc2-c2c1ccc1ccc(N(c3ccccc3)c3ccccc3)cc21. The van der Waals surface area contributed by atoms with Crippen LogP contribution in [0.4, 0.5) is 17.1 Å². The standard InChI is InChI=1S/C31H25N/c1-31(2)28-16-10-9-15-26(28)30-27-21-25(19-17-22(27)18-20-29(30)31)32(23-11-5-3-6-12-23)24-13-7-4-8-14-24/h3-21H,1-2H3. The van der Waals surface area contributed by atoms with Gasteiger partial charge in [-0.15, -0.1) is 0 Å². The third-order valence-electron chi connectivity index (χ3n) is 6.84. The van der Waals surface area contributed by atoms with Gasteiger partial charge in [-0.05, 0) is 69.4 Å². The zero-order valence-corrected chi connectivity index (χ0v) is 18.4. The van der Waals surface area contributed by atoms with Crippen LogP contribution < -0.4 is 4.90 Å². The van der Waals surface area contributed by atoms with Crippen LogP contribution in [0.2, 0.25) is 0 Å². The van der Waals surface area contributed by atoms with E-state index < -0.39 is 0 Å². The van der Waals surface area contributed by atoms with Crippen molar-refractivity contribution in [1.29, 1.82) is 0 Å². The Labute approximate surface area is 189 Å². The van der Waals surface area contributed by atoms with Crippen molar-refractivity contribution < 1.29 is 0 Å². The molecule has 0 saturated heterocycles. The number of hydrogen-bond acceptors (Lipinski definition) is 1. The maximum absolute atomic E-state index is 2.37. The summed E-state index contributed by atoms with van der Waals surface area (Å²) >= 11 is 0. The van der Waals surface area contributed by atoms with E-state index in [1.54, 1.807) is 0 Å². The molecule has 154 valence electrons. The number of hydrogen-bond donors (Lipinski definition) is 0. The summed E-state index contributed by atoms with van der Waals surface area (Å²) in [6.07, 6.45) is 0. The molecule has 5 aromatic carbocycles. The third-order valence-corrected chi connectivity index (χ3v) is 6.84. The average molecular weight is 412 g/mol. The molecule has 0 radical (unpaired) electrons. The lowest BCUT2D eigenvalue weighted by molar-refractivity contribution is 0.661. The van der Waals surface area contributed by atoms with Crippen molar-refractivity contribution in [2.24, 2.45) is 0 Å². The monoisotopic (exact) mass is 411 g/mol. The van der Waals surface area contributed by atoms with Crippen LogP contribution in [0, 0.1) is 0 Å². The van der Waals surface area contributed by atoms with Gasteiger partial charge in [-0.25, -0.2) is 0 Å². The molecule has 0 spiro atoms. The number of rotatable bonds is 3. The van der Waals surface area contributed by atoms with Gasteiger partial charge in [0.1, 0.15) is 0 Å². The number of para-hydroxylation sites is 2. The molecule has 0 atom stereocenters. The molecule has 0 fully saturated rings. The molecule has 1 aliphatic carbocycles. The van der Waals surface area contributed by atoms with Crippen LogP contribution in [0.5, 0.6) is 0 Å². The summed E-state index contributed by atoms with van der Waals surface area (Å²) < 4.78 is 0. The molecular weight excluding hydrogens is 386 g/mol. The fourth-order valence-electron chi connectivity index (χ4n) is 5.25. The summed E-state index contributed by atoms with van der Waals surface area (Å²) in [5.74, 6) is 0. The molecule has 1 aliphatic rings. The molecule has 0 aromatic heterocycles. The molecule has 1 heteroatoms. The van der Waals surface area contributed by atoms with Crippen LogP contribution in [0.25, 0.3) is 21.9 Å². The van der Waals surface area contributed by atoms with E-state index in [9.17, 15) is 0 Å². The van der Waals surface area contributed by atoms with Crippen LogP contribution in [0.1, 0.15) is 25.0 Å². The predicted molar refractivity (Wildman–Crippen MR) is 136 cm³/mol. The van der Waals surface area contributed by atoms with Crippen LogP contribution >= 0.6 is 0 Å². The topological polar surface area (TPSA) is 3.24 Å². The summed E-state index contributed by atoms with van der Waals surface area (Å²) in [6, 6.07) is 41.6. The van der Waals surface area contributed by atoms with Crippen molar-refractivity contribution in [3.05, 3.63) is 126 Å². The summed E-state index contributed by atoms with van der Waals surface area (Å²) in [5.41, 5.74) is 9.06. The van der Waals surface area contributed by atoms with Crippen LogP contribution in [0.3, 0.4) is 0 Å². The second kappa shape index (κ2) is 7.10. The van der Waals surface area contributed by atoms with Gasteiger partial charge in [0.25, 0.3) is 0 Å². The highest BCUT2D eigenvalue weighted by Crippen LogP contribution is 2.51. The van der Waals surface area contributed by atoms with Crippen molar-refractivity contribution in [3.8, 4) is 11.1 Å². The van der Waals surface area contributed by atoms with E-state index in [-0.39, 0.29) is 5.41 Å². The normalized spacial score (nSPS) is 13.6. The molecule has 0 saturated carbocycles. The molecule has 0 N–H and O–H groups in total. The van der Waals surface area contributed by atoms with E-state index in [1.165, 1.54) is 38.7 Å². The highest BCUT2D eigenvalue weighted by molar-refractivity contribution is 6.04. The van der Waals surface area contributed by atoms with Crippen molar-refractivity contribution in [2.45, 2.75) is 19.3 Å². The van der Waals surface area contributed by atoms with Crippen molar-refractivity contribution >= 4 is 27.8 Å². The quantitative estimate of drug-likeness (QED) is 0.287. The van der Waals surface area contributed by atoms with Gasteiger partial charge in [-0.3, -0.25) is 0 Å². The van der Waals surface area contributed by atoms with Gasteiger partial charge < -0.3 is 4.90 Å². The average Bonchev–Trinajstić information content (AvgIpc) is 3.08. The Morgan fingerprint density at radius 2 is 1.12 bits per heavy atom. The minimum absolute atomic E-state index is 0.00860. The Bertz CT molecular complexity index is 1390.